The Labute approximate surface area is 123 Å². The minimum absolute atomic E-state index is 0.232. The Morgan fingerprint density at radius 1 is 1.00 bits per heavy atom. The average Bonchev–Trinajstić information content (AvgIpc) is 2.54. The van der Waals surface area contributed by atoms with E-state index in [0.717, 1.165) is 5.56 Å². The minimum atomic E-state index is -0.406. The van der Waals surface area contributed by atoms with Crippen molar-refractivity contribution in [3.8, 4) is 0 Å². The van der Waals surface area contributed by atoms with Gasteiger partial charge in [0.25, 0.3) is 0 Å². The van der Waals surface area contributed by atoms with Crippen molar-refractivity contribution < 1.29 is 14.3 Å². The highest BCUT2D eigenvalue weighted by atomic mass is 16.5. The molecule has 0 spiro atoms. The van der Waals surface area contributed by atoms with Crippen LogP contribution in [0.4, 0.5) is 5.69 Å². The molecule has 0 fully saturated rings. The van der Waals surface area contributed by atoms with Gasteiger partial charge in [0.1, 0.15) is 0 Å². The lowest BCUT2D eigenvalue weighted by molar-refractivity contribution is -0.111. The lowest BCUT2D eigenvalue weighted by atomic mass is 10.2. The molecule has 0 unspecified atom stereocenters. The summed E-state index contributed by atoms with van der Waals surface area (Å²) in [4.78, 5) is 23.1. The molecule has 1 N–H and O–H groups in total. The third-order valence-electron chi connectivity index (χ3n) is 2.80. The van der Waals surface area contributed by atoms with E-state index >= 15 is 0 Å². The number of hydrogen-bond donors (Lipinski definition) is 1. The first kappa shape index (κ1) is 14.5. The van der Waals surface area contributed by atoms with E-state index in [1.165, 1.54) is 13.2 Å². The molecule has 0 aliphatic carbocycles. The highest BCUT2D eigenvalue weighted by Gasteiger charge is 2.04. The van der Waals surface area contributed by atoms with E-state index in [4.69, 9.17) is 0 Å². The van der Waals surface area contributed by atoms with Crippen LogP contribution >= 0.6 is 0 Å². The molecule has 106 valence electrons. The number of amides is 1. The van der Waals surface area contributed by atoms with Crippen LogP contribution in [0.1, 0.15) is 15.9 Å². The topological polar surface area (TPSA) is 55.4 Å². The van der Waals surface area contributed by atoms with Crippen LogP contribution < -0.4 is 5.32 Å². The number of esters is 1. The number of hydrogen-bond acceptors (Lipinski definition) is 3. The normalized spacial score (nSPS) is 10.3. The third kappa shape index (κ3) is 4.31. The predicted molar refractivity (Wildman–Crippen MR) is 81.9 cm³/mol. The van der Waals surface area contributed by atoms with Crippen LogP contribution in [0.5, 0.6) is 0 Å². The zero-order valence-electron chi connectivity index (χ0n) is 11.6. The second kappa shape index (κ2) is 7.05. The van der Waals surface area contributed by atoms with Crippen LogP contribution in [0.3, 0.4) is 0 Å². The number of ether oxygens (including phenoxy) is 1. The van der Waals surface area contributed by atoms with Gasteiger partial charge in [0, 0.05) is 11.8 Å². The molecule has 0 heterocycles. The lowest BCUT2D eigenvalue weighted by Crippen LogP contribution is -2.08. The maximum atomic E-state index is 11.8. The highest BCUT2D eigenvalue weighted by Crippen LogP contribution is 2.10. The summed E-state index contributed by atoms with van der Waals surface area (Å²) in [6.45, 7) is 0. The van der Waals surface area contributed by atoms with Gasteiger partial charge >= 0.3 is 5.97 Å². The van der Waals surface area contributed by atoms with Crippen LogP contribution in [-0.4, -0.2) is 19.0 Å². The van der Waals surface area contributed by atoms with Gasteiger partial charge in [-0.25, -0.2) is 4.79 Å². The van der Waals surface area contributed by atoms with Crippen molar-refractivity contribution in [2.45, 2.75) is 0 Å². The van der Waals surface area contributed by atoms with Gasteiger partial charge in [0.15, 0.2) is 0 Å². The predicted octanol–water partition coefficient (Wildman–Crippen LogP) is 3.13. The first-order valence-electron chi connectivity index (χ1n) is 6.41. The number of carbonyl (C=O) groups excluding carboxylic acids is 2. The van der Waals surface area contributed by atoms with Gasteiger partial charge in [-0.1, -0.05) is 30.3 Å². The number of nitrogens with one attached hydrogen (secondary N) is 1. The van der Waals surface area contributed by atoms with E-state index in [-0.39, 0.29) is 5.91 Å². The first-order chi connectivity index (χ1) is 10.2. The molecular formula is C17H15NO3. The quantitative estimate of drug-likeness (QED) is 0.692. The monoisotopic (exact) mass is 281 g/mol. The van der Waals surface area contributed by atoms with E-state index < -0.39 is 5.97 Å². The van der Waals surface area contributed by atoms with Crippen LogP contribution in [0, 0.1) is 0 Å². The molecule has 0 saturated carbocycles. The van der Waals surface area contributed by atoms with E-state index in [1.54, 1.807) is 30.3 Å². The van der Waals surface area contributed by atoms with Gasteiger partial charge in [-0.05, 0) is 35.9 Å². The summed E-state index contributed by atoms with van der Waals surface area (Å²) in [6.07, 6.45) is 3.20. The molecule has 2 rings (SSSR count). The maximum Gasteiger partial charge on any atom is 0.337 e. The third-order valence-corrected chi connectivity index (χ3v) is 2.80. The van der Waals surface area contributed by atoms with Crippen LogP contribution in [-0.2, 0) is 9.53 Å². The highest BCUT2D eigenvalue weighted by molar-refractivity contribution is 6.02. The largest absolute Gasteiger partial charge is 0.465 e. The molecule has 0 atom stereocenters. The molecule has 2 aromatic rings. The SMILES string of the molecule is COC(=O)c1ccc(NC(=O)/C=C\c2ccccc2)cc1. The van der Waals surface area contributed by atoms with Crippen molar-refractivity contribution in [3.63, 3.8) is 0 Å². The number of rotatable bonds is 4. The van der Waals surface area contributed by atoms with Gasteiger partial charge in [-0.15, -0.1) is 0 Å². The number of carbonyl (C=O) groups is 2. The summed E-state index contributed by atoms with van der Waals surface area (Å²) in [5.41, 5.74) is 2.01. The Morgan fingerprint density at radius 3 is 2.29 bits per heavy atom. The fraction of sp³-hybridized carbons (Fsp3) is 0.0588. The van der Waals surface area contributed by atoms with Gasteiger partial charge in [0.2, 0.25) is 5.91 Å². The van der Waals surface area contributed by atoms with Crippen molar-refractivity contribution in [1.29, 1.82) is 0 Å². The molecule has 1 amide bonds. The molecule has 0 radical (unpaired) electrons. The minimum Gasteiger partial charge on any atom is -0.465 e. The summed E-state index contributed by atoms with van der Waals surface area (Å²) >= 11 is 0. The smallest absolute Gasteiger partial charge is 0.337 e. The van der Waals surface area contributed by atoms with Crippen molar-refractivity contribution in [2.75, 3.05) is 12.4 Å². The molecule has 0 saturated heterocycles. The standard InChI is InChI=1S/C17H15NO3/c1-21-17(20)14-8-10-15(11-9-14)18-16(19)12-7-13-5-3-2-4-6-13/h2-12H,1H3,(H,18,19)/b12-7-. The van der Waals surface area contributed by atoms with Crippen molar-refractivity contribution in [3.05, 3.63) is 71.8 Å². The maximum absolute atomic E-state index is 11.8. The molecular weight excluding hydrogens is 266 g/mol. The Bertz CT molecular complexity index is 645. The Balaban J connectivity index is 1.97. The van der Waals surface area contributed by atoms with Crippen LogP contribution in [0.15, 0.2) is 60.7 Å². The zero-order valence-corrected chi connectivity index (χ0v) is 11.6. The second-order valence-corrected chi connectivity index (χ2v) is 4.30. The number of anilines is 1. The molecule has 0 aliphatic heterocycles. The zero-order chi connectivity index (χ0) is 15.1. The van der Waals surface area contributed by atoms with Gasteiger partial charge in [0.05, 0.1) is 12.7 Å². The molecule has 0 aromatic heterocycles. The van der Waals surface area contributed by atoms with Crippen LogP contribution in [0.2, 0.25) is 0 Å². The summed E-state index contributed by atoms with van der Waals surface area (Å²) in [6, 6.07) is 16.1. The summed E-state index contributed by atoms with van der Waals surface area (Å²) in [7, 11) is 1.33. The van der Waals surface area contributed by atoms with Crippen molar-refractivity contribution in [1.82, 2.24) is 0 Å². The fourth-order valence-electron chi connectivity index (χ4n) is 1.73. The van der Waals surface area contributed by atoms with Gasteiger partial charge in [-0.3, -0.25) is 4.79 Å². The van der Waals surface area contributed by atoms with Gasteiger partial charge < -0.3 is 10.1 Å². The Kier molecular flexibility index (Phi) is 4.88. The molecule has 4 heteroatoms. The van der Waals surface area contributed by atoms with E-state index in [9.17, 15) is 9.59 Å². The van der Waals surface area contributed by atoms with Crippen molar-refractivity contribution >= 4 is 23.6 Å². The molecule has 4 nitrogen and oxygen atoms in total. The number of benzene rings is 2. The first-order valence-corrected chi connectivity index (χ1v) is 6.41. The van der Waals surface area contributed by atoms with E-state index in [1.807, 2.05) is 30.3 Å². The van der Waals surface area contributed by atoms with E-state index in [2.05, 4.69) is 10.1 Å². The lowest BCUT2D eigenvalue weighted by Gasteiger charge is -2.03. The fourth-order valence-corrected chi connectivity index (χ4v) is 1.73. The van der Waals surface area contributed by atoms with Crippen LogP contribution in [0.25, 0.3) is 6.08 Å². The second-order valence-electron chi connectivity index (χ2n) is 4.30. The molecule has 0 aliphatic rings. The Morgan fingerprint density at radius 2 is 1.67 bits per heavy atom. The van der Waals surface area contributed by atoms with E-state index in [0.29, 0.717) is 11.3 Å². The summed E-state index contributed by atoms with van der Waals surface area (Å²) in [5.74, 6) is -0.637. The van der Waals surface area contributed by atoms with Gasteiger partial charge in [-0.2, -0.15) is 0 Å². The number of methoxy groups -OCH3 is 1. The van der Waals surface area contributed by atoms with Crippen molar-refractivity contribution in [2.24, 2.45) is 0 Å². The average molecular weight is 281 g/mol. The summed E-state index contributed by atoms with van der Waals surface area (Å²) in [5, 5.41) is 2.72. The molecule has 2 aromatic carbocycles. The summed E-state index contributed by atoms with van der Waals surface area (Å²) < 4.78 is 4.61. The Hall–Kier alpha value is -2.88. The molecule has 21 heavy (non-hydrogen) atoms. The molecule has 0 bridgehead atoms.